The van der Waals surface area contributed by atoms with Crippen LogP contribution in [0.3, 0.4) is 0 Å². The molecule has 236 valence electrons. The Balaban J connectivity index is 1.47. The van der Waals surface area contributed by atoms with Crippen LogP contribution in [0.4, 0.5) is 45.5 Å². The van der Waals surface area contributed by atoms with Crippen molar-refractivity contribution in [2.75, 3.05) is 21.2 Å². The Hall–Kier alpha value is -6.56. The Morgan fingerprint density at radius 3 is 1.20 bits per heavy atom. The summed E-state index contributed by atoms with van der Waals surface area (Å²) in [5.74, 6) is 0. The second kappa shape index (κ2) is 14.1. The van der Waals surface area contributed by atoms with E-state index in [1.54, 1.807) is 0 Å². The zero-order valence-electron chi connectivity index (χ0n) is 27.4. The van der Waals surface area contributed by atoms with Crippen LogP contribution < -0.4 is 14.7 Å². The molecule has 49 heavy (non-hydrogen) atoms. The Kier molecular flexibility index (Phi) is 8.91. The first kappa shape index (κ1) is 31.1. The fourth-order valence-electron chi connectivity index (χ4n) is 6.64. The van der Waals surface area contributed by atoms with Gasteiger partial charge in [-0.3, -0.25) is 0 Å². The van der Waals surface area contributed by atoms with Gasteiger partial charge < -0.3 is 14.7 Å². The van der Waals surface area contributed by atoms with Crippen molar-refractivity contribution >= 4 is 51.1 Å². The Morgan fingerprint density at radius 1 is 0.510 bits per heavy atom. The Labute approximate surface area is 288 Å². The second-order valence-electron chi connectivity index (χ2n) is 11.9. The maximum atomic E-state index is 10.4. The smallest absolute Gasteiger partial charge is 0.138 e. The van der Waals surface area contributed by atoms with E-state index >= 15 is 0 Å². The van der Waals surface area contributed by atoms with Gasteiger partial charge in [-0.1, -0.05) is 86.1 Å². The van der Waals surface area contributed by atoms with Crippen LogP contribution >= 0.6 is 0 Å². The predicted octanol–water partition coefficient (Wildman–Crippen LogP) is 11.7. The van der Waals surface area contributed by atoms with Crippen molar-refractivity contribution in [2.45, 2.75) is 19.8 Å². The summed E-state index contributed by atoms with van der Waals surface area (Å²) in [7, 11) is 0. The molecule has 0 saturated heterocycles. The van der Waals surface area contributed by atoms with Crippen LogP contribution in [0.1, 0.15) is 30.9 Å². The minimum Gasteiger partial charge on any atom is -0.340 e. The van der Waals surface area contributed by atoms with Gasteiger partial charge in [-0.25, -0.2) is 0 Å². The monoisotopic (exact) mass is 633 g/mol. The lowest BCUT2D eigenvalue weighted by atomic mass is 9.86. The molecule has 1 aliphatic rings. The van der Waals surface area contributed by atoms with Crippen LogP contribution in [-0.2, 0) is 0 Å². The Morgan fingerprint density at radius 2 is 0.878 bits per heavy atom. The summed E-state index contributed by atoms with van der Waals surface area (Å²) in [4.78, 5) is 6.78. The average molecular weight is 634 g/mol. The summed E-state index contributed by atoms with van der Waals surface area (Å²) in [6.45, 7) is 3.00. The highest BCUT2D eigenvalue weighted by molar-refractivity contribution is 6.03. The standard InChI is InChI=1S/C44H35N5/c1-2-3-28-47-42-26-24-38(48(34-16-8-4-9-17-34)35-18-10-5-11-19-35)29-40(42)44(33(31-45)32-46)41-30-39(25-27-43(41)47)49(36-20-12-6-13-21-36)37-22-14-7-15-23-37/h4-27,29-30H,2-3,28H2,1H3. The van der Waals surface area contributed by atoms with Crippen molar-refractivity contribution in [3.8, 4) is 12.1 Å². The minimum atomic E-state index is 0.0869. The van der Waals surface area contributed by atoms with E-state index in [0.717, 1.165) is 76.0 Å². The highest BCUT2D eigenvalue weighted by atomic mass is 15.2. The van der Waals surface area contributed by atoms with Crippen molar-refractivity contribution in [3.05, 3.63) is 174 Å². The molecule has 5 heteroatoms. The molecule has 0 aliphatic carbocycles. The molecule has 0 amide bonds. The summed E-state index contributed by atoms with van der Waals surface area (Å²) < 4.78 is 0. The highest BCUT2D eigenvalue weighted by Crippen LogP contribution is 2.50. The fourth-order valence-corrected chi connectivity index (χ4v) is 6.64. The number of para-hydroxylation sites is 4. The molecular weight excluding hydrogens is 599 g/mol. The summed E-state index contributed by atoms with van der Waals surface area (Å²) in [5, 5.41) is 20.9. The number of fused-ring (bicyclic) bond motifs is 2. The highest BCUT2D eigenvalue weighted by Gasteiger charge is 2.31. The number of benzene rings is 6. The van der Waals surface area contributed by atoms with Crippen LogP contribution in [-0.4, -0.2) is 6.54 Å². The topological polar surface area (TPSA) is 57.3 Å². The molecule has 0 saturated carbocycles. The summed E-state index contributed by atoms with van der Waals surface area (Å²) in [6, 6.07) is 58.4. The predicted molar refractivity (Wildman–Crippen MR) is 201 cm³/mol. The SMILES string of the molecule is CCCCN1c2ccc(N(c3ccccc3)c3ccccc3)cc2C(=C(C#N)C#N)c2cc(N(c3ccccc3)c3ccccc3)ccc21. The Bertz CT molecular complexity index is 1950. The first-order valence-corrected chi connectivity index (χ1v) is 16.6. The second-order valence-corrected chi connectivity index (χ2v) is 11.9. The van der Waals surface area contributed by atoms with E-state index in [4.69, 9.17) is 0 Å². The van der Waals surface area contributed by atoms with Crippen molar-refractivity contribution in [2.24, 2.45) is 0 Å². The van der Waals surface area contributed by atoms with E-state index in [1.807, 2.05) is 72.8 Å². The maximum Gasteiger partial charge on any atom is 0.138 e. The van der Waals surface area contributed by atoms with E-state index in [0.29, 0.717) is 5.57 Å². The van der Waals surface area contributed by atoms with E-state index < -0.39 is 0 Å². The van der Waals surface area contributed by atoms with E-state index in [-0.39, 0.29) is 5.57 Å². The van der Waals surface area contributed by atoms with Crippen LogP contribution in [0, 0.1) is 22.7 Å². The van der Waals surface area contributed by atoms with Gasteiger partial charge in [0.15, 0.2) is 0 Å². The minimum absolute atomic E-state index is 0.0869. The lowest BCUT2D eigenvalue weighted by Crippen LogP contribution is -2.25. The number of rotatable bonds is 9. The normalized spacial score (nSPS) is 11.5. The van der Waals surface area contributed by atoms with Crippen LogP contribution in [0.15, 0.2) is 163 Å². The number of nitrogens with zero attached hydrogens (tertiary/aromatic N) is 5. The van der Waals surface area contributed by atoms with Gasteiger partial charge in [-0.05, 0) is 91.3 Å². The molecule has 0 aromatic heterocycles. The fraction of sp³-hybridized carbons (Fsp3) is 0.0909. The number of hydrogen-bond acceptors (Lipinski definition) is 5. The molecule has 0 bridgehead atoms. The lowest BCUT2D eigenvalue weighted by molar-refractivity contribution is 0.783. The first-order valence-electron chi connectivity index (χ1n) is 16.6. The average Bonchev–Trinajstić information content (AvgIpc) is 3.16. The summed E-state index contributed by atoms with van der Waals surface area (Å²) in [5.41, 5.74) is 10.4. The van der Waals surface area contributed by atoms with Crippen LogP contribution in [0.2, 0.25) is 0 Å². The molecule has 0 unspecified atom stereocenters. The van der Waals surface area contributed by atoms with Gasteiger partial charge in [-0.2, -0.15) is 10.5 Å². The molecule has 6 aromatic carbocycles. The molecule has 6 aromatic rings. The van der Waals surface area contributed by atoms with E-state index in [9.17, 15) is 10.5 Å². The quantitative estimate of drug-likeness (QED) is 0.148. The first-order chi connectivity index (χ1) is 24.2. The molecular formula is C44H35N5. The zero-order chi connectivity index (χ0) is 33.6. The van der Waals surface area contributed by atoms with Crippen LogP contribution in [0.25, 0.3) is 5.57 Å². The van der Waals surface area contributed by atoms with Gasteiger partial charge in [0.2, 0.25) is 0 Å². The molecule has 0 fully saturated rings. The van der Waals surface area contributed by atoms with Gasteiger partial charge in [-0.15, -0.1) is 0 Å². The van der Waals surface area contributed by atoms with Crippen molar-refractivity contribution in [3.63, 3.8) is 0 Å². The number of unbranched alkanes of at least 4 members (excludes halogenated alkanes) is 1. The van der Waals surface area contributed by atoms with Gasteiger partial charge in [0, 0.05) is 68.7 Å². The zero-order valence-corrected chi connectivity index (χ0v) is 27.4. The number of nitriles is 2. The maximum absolute atomic E-state index is 10.4. The molecule has 0 radical (unpaired) electrons. The van der Waals surface area contributed by atoms with Gasteiger partial charge in [0.05, 0.1) is 0 Å². The third-order valence-corrected chi connectivity index (χ3v) is 8.86. The largest absolute Gasteiger partial charge is 0.340 e. The molecule has 5 nitrogen and oxygen atoms in total. The van der Waals surface area contributed by atoms with Crippen LogP contribution in [0.5, 0.6) is 0 Å². The molecule has 0 atom stereocenters. The lowest BCUT2D eigenvalue weighted by Gasteiger charge is -2.37. The molecule has 7 rings (SSSR count). The van der Waals surface area contributed by atoms with Gasteiger partial charge >= 0.3 is 0 Å². The summed E-state index contributed by atoms with van der Waals surface area (Å²) in [6.07, 6.45) is 2.03. The molecule has 0 spiro atoms. The van der Waals surface area contributed by atoms with E-state index in [2.05, 4.69) is 119 Å². The van der Waals surface area contributed by atoms with Gasteiger partial charge in [0.25, 0.3) is 0 Å². The molecule has 1 aliphatic heterocycles. The van der Waals surface area contributed by atoms with E-state index in [1.165, 1.54) is 0 Å². The van der Waals surface area contributed by atoms with Gasteiger partial charge in [0.1, 0.15) is 17.7 Å². The summed E-state index contributed by atoms with van der Waals surface area (Å²) >= 11 is 0. The third-order valence-electron chi connectivity index (χ3n) is 8.86. The van der Waals surface area contributed by atoms with Crippen molar-refractivity contribution in [1.82, 2.24) is 0 Å². The number of hydrogen-bond donors (Lipinski definition) is 0. The van der Waals surface area contributed by atoms with Crippen molar-refractivity contribution < 1.29 is 0 Å². The molecule has 0 N–H and O–H groups in total. The van der Waals surface area contributed by atoms with Crippen molar-refractivity contribution in [1.29, 1.82) is 10.5 Å². The molecule has 1 heterocycles. The third kappa shape index (κ3) is 6.02. The number of allylic oxidation sites excluding steroid dienone is 1. The number of anilines is 8.